The maximum Gasteiger partial charge on any atom is 0.257 e. The molecule has 17 heavy (non-hydrogen) atoms. The number of aryl methyl sites for hydroxylation is 1. The second-order valence-electron chi connectivity index (χ2n) is 4.72. The van der Waals surface area contributed by atoms with Crippen LogP contribution in [0.5, 0.6) is 5.75 Å². The molecule has 0 aliphatic rings. The minimum absolute atomic E-state index is 0.0524. The fourth-order valence-corrected chi connectivity index (χ4v) is 1.71. The summed E-state index contributed by atoms with van der Waals surface area (Å²) in [4.78, 5) is 13.8. The number of phenols is 1. The van der Waals surface area contributed by atoms with E-state index in [-0.39, 0.29) is 11.7 Å². The van der Waals surface area contributed by atoms with Gasteiger partial charge in [0.1, 0.15) is 5.75 Å². The SMILES string of the molecule is CCC(C)CN(C)C(=O)c1cc(C)ccc1O. The van der Waals surface area contributed by atoms with Gasteiger partial charge in [0.2, 0.25) is 0 Å². The maximum absolute atomic E-state index is 12.1. The third-order valence-electron chi connectivity index (χ3n) is 3.01. The Morgan fingerprint density at radius 1 is 1.47 bits per heavy atom. The summed E-state index contributed by atoms with van der Waals surface area (Å²) in [5.41, 5.74) is 1.36. The molecule has 3 nitrogen and oxygen atoms in total. The van der Waals surface area contributed by atoms with Gasteiger partial charge in [-0.25, -0.2) is 0 Å². The van der Waals surface area contributed by atoms with Crippen molar-refractivity contribution in [3.05, 3.63) is 29.3 Å². The van der Waals surface area contributed by atoms with Crippen molar-refractivity contribution < 1.29 is 9.90 Å². The van der Waals surface area contributed by atoms with E-state index in [1.54, 1.807) is 30.1 Å². The summed E-state index contributed by atoms with van der Waals surface area (Å²) >= 11 is 0. The molecule has 94 valence electrons. The van der Waals surface area contributed by atoms with Crippen LogP contribution in [0.3, 0.4) is 0 Å². The normalized spacial score (nSPS) is 12.2. The summed E-state index contributed by atoms with van der Waals surface area (Å²) < 4.78 is 0. The first-order valence-corrected chi connectivity index (χ1v) is 6.00. The van der Waals surface area contributed by atoms with Crippen molar-refractivity contribution in [1.82, 2.24) is 4.90 Å². The lowest BCUT2D eigenvalue weighted by Gasteiger charge is -2.21. The molecule has 3 heteroatoms. The summed E-state index contributed by atoms with van der Waals surface area (Å²) in [6.45, 7) is 6.83. The fraction of sp³-hybridized carbons (Fsp3) is 0.500. The Balaban J connectivity index is 2.85. The topological polar surface area (TPSA) is 40.5 Å². The van der Waals surface area contributed by atoms with Crippen molar-refractivity contribution in [2.24, 2.45) is 5.92 Å². The molecule has 1 atom stereocenters. The zero-order valence-electron chi connectivity index (χ0n) is 11.0. The summed E-state index contributed by atoms with van der Waals surface area (Å²) in [5.74, 6) is 0.402. The summed E-state index contributed by atoms with van der Waals surface area (Å²) in [6, 6.07) is 5.09. The number of nitrogens with zero attached hydrogens (tertiary/aromatic N) is 1. The van der Waals surface area contributed by atoms with Crippen LogP contribution < -0.4 is 0 Å². The van der Waals surface area contributed by atoms with Crippen LogP contribution in [0.4, 0.5) is 0 Å². The van der Waals surface area contributed by atoms with Gasteiger partial charge in [0, 0.05) is 13.6 Å². The van der Waals surface area contributed by atoms with E-state index < -0.39 is 0 Å². The molecule has 1 unspecified atom stereocenters. The smallest absolute Gasteiger partial charge is 0.257 e. The summed E-state index contributed by atoms with van der Waals surface area (Å²) in [7, 11) is 1.77. The maximum atomic E-state index is 12.1. The van der Waals surface area contributed by atoms with E-state index in [4.69, 9.17) is 0 Å². The van der Waals surface area contributed by atoms with E-state index in [9.17, 15) is 9.90 Å². The van der Waals surface area contributed by atoms with Gasteiger partial charge in [0.25, 0.3) is 5.91 Å². The van der Waals surface area contributed by atoms with Crippen LogP contribution in [0, 0.1) is 12.8 Å². The monoisotopic (exact) mass is 235 g/mol. The van der Waals surface area contributed by atoms with E-state index in [1.807, 2.05) is 6.92 Å². The van der Waals surface area contributed by atoms with Crippen molar-refractivity contribution in [2.45, 2.75) is 27.2 Å². The first-order chi connectivity index (χ1) is 7.95. The van der Waals surface area contributed by atoms with Gasteiger partial charge in [-0.2, -0.15) is 0 Å². The van der Waals surface area contributed by atoms with Crippen molar-refractivity contribution in [3.63, 3.8) is 0 Å². The zero-order chi connectivity index (χ0) is 13.0. The minimum atomic E-state index is -0.119. The van der Waals surface area contributed by atoms with Gasteiger partial charge >= 0.3 is 0 Å². The summed E-state index contributed by atoms with van der Waals surface area (Å²) in [6.07, 6.45) is 1.04. The van der Waals surface area contributed by atoms with Gasteiger partial charge in [0.15, 0.2) is 0 Å². The fourth-order valence-electron chi connectivity index (χ4n) is 1.71. The average molecular weight is 235 g/mol. The Kier molecular flexibility index (Phi) is 4.55. The van der Waals surface area contributed by atoms with Gasteiger partial charge in [-0.05, 0) is 25.0 Å². The number of phenolic OH excluding ortho intramolecular Hbond substituents is 1. The second-order valence-corrected chi connectivity index (χ2v) is 4.72. The molecule has 1 aromatic carbocycles. The molecule has 0 aromatic heterocycles. The van der Waals surface area contributed by atoms with E-state index >= 15 is 0 Å². The molecule has 0 saturated heterocycles. The third-order valence-corrected chi connectivity index (χ3v) is 3.01. The van der Waals surface area contributed by atoms with Crippen LogP contribution in [-0.4, -0.2) is 29.5 Å². The largest absolute Gasteiger partial charge is 0.507 e. The number of hydrogen-bond acceptors (Lipinski definition) is 2. The highest BCUT2D eigenvalue weighted by Gasteiger charge is 2.17. The van der Waals surface area contributed by atoms with Crippen molar-refractivity contribution in [1.29, 1.82) is 0 Å². The molecule has 0 radical (unpaired) electrons. The average Bonchev–Trinajstić information content (AvgIpc) is 2.31. The first kappa shape index (κ1) is 13.6. The Morgan fingerprint density at radius 2 is 2.12 bits per heavy atom. The number of benzene rings is 1. The van der Waals surface area contributed by atoms with E-state index in [1.165, 1.54) is 0 Å². The van der Waals surface area contributed by atoms with Gasteiger partial charge < -0.3 is 10.0 Å². The van der Waals surface area contributed by atoms with Crippen molar-refractivity contribution in [2.75, 3.05) is 13.6 Å². The lowest BCUT2D eigenvalue weighted by Crippen LogP contribution is -2.31. The van der Waals surface area contributed by atoms with Crippen LogP contribution in [0.2, 0.25) is 0 Å². The molecule has 0 aliphatic heterocycles. The molecule has 0 fully saturated rings. The quantitative estimate of drug-likeness (QED) is 0.871. The first-order valence-electron chi connectivity index (χ1n) is 6.00. The molecule has 0 heterocycles. The number of rotatable bonds is 4. The number of carbonyl (C=O) groups is 1. The van der Waals surface area contributed by atoms with E-state index in [0.717, 1.165) is 12.0 Å². The molecule has 0 spiro atoms. The number of amides is 1. The molecular formula is C14H21NO2. The molecule has 1 amide bonds. The molecule has 0 bridgehead atoms. The van der Waals surface area contributed by atoms with Gasteiger partial charge in [-0.1, -0.05) is 31.9 Å². The number of hydrogen-bond donors (Lipinski definition) is 1. The van der Waals surface area contributed by atoms with Crippen LogP contribution in [-0.2, 0) is 0 Å². The van der Waals surface area contributed by atoms with Crippen molar-refractivity contribution >= 4 is 5.91 Å². The van der Waals surface area contributed by atoms with Gasteiger partial charge in [-0.15, -0.1) is 0 Å². The van der Waals surface area contributed by atoms with Gasteiger partial charge in [-0.3, -0.25) is 4.79 Å². The van der Waals surface area contributed by atoms with Crippen LogP contribution in [0.25, 0.3) is 0 Å². The lowest BCUT2D eigenvalue weighted by atomic mass is 10.1. The minimum Gasteiger partial charge on any atom is -0.507 e. The second kappa shape index (κ2) is 5.71. The van der Waals surface area contributed by atoms with Crippen LogP contribution in [0.1, 0.15) is 36.2 Å². The third kappa shape index (κ3) is 3.48. The zero-order valence-corrected chi connectivity index (χ0v) is 11.0. The number of carbonyl (C=O) groups excluding carboxylic acids is 1. The Labute approximate surface area is 103 Å². The molecular weight excluding hydrogens is 214 g/mol. The molecule has 0 aliphatic carbocycles. The number of aromatic hydroxyl groups is 1. The molecule has 1 aromatic rings. The standard InChI is InChI=1S/C14H21NO2/c1-5-10(2)9-15(4)14(17)12-8-11(3)6-7-13(12)16/h6-8,10,16H,5,9H2,1-4H3. The Hall–Kier alpha value is -1.51. The molecule has 0 saturated carbocycles. The molecule has 1 rings (SSSR count). The lowest BCUT2D eigenvalue weighted by molar-refractivity contribution is 0.0772. The Bertz CT molecular complexity index is 401. The predicted molar refractivity (Wildman–Crippen MR) is 69.3 cm³/mol. The van der Waals surface area contributed by atoms with E-state index in [0.29, 0.717) is 18.0 Å². The highest BCUT2D eigenvalue weighted by molar-refractivity contribution is 5.96. The van der Waals surface area contributed by atoms with E-state index in [2.05, 4.69) is 13.8 Å². The van der Waals surface area contributed by atoms with Crippen LogP contribution in [0.15, 0.2) is 18.2 Å². The molecule has 1 N–H and O–H groups in total. The Morgan fingerprint density at radius 3 is 2.71 bits per heavy atom. The summed E-state index contributed by atoms with van der Waals surface area (Å²) in [5, 5.41) is 9.70. The highest BCUT2D eigenvalue weighted by Crippen LogP contribution is 2.20. The van der Waals surface area contributed by atoms with Crippen LogP contribution >= 0.6 is 0 Å². The van der Waals surface area contributed by atoms with Gasteiger partial charge in [0.05, 0.1) is 5.56 Å². The predicted octanol–water partition coefficient (Wildman–Crippen LogP) is 2.82. The van der Waals surface area contributed by atoms with Crippen molar-refractivity contribution in [3.8, 4) is 5.75 Å². The highest BCUT2D eigenvalue weighted by atomic mass is 16.3.